The average Bonchev–Trinajstić information content (AvgIpc) is 2.37. The standard InChI is InChI=1S/C14H10Br2F2O/c15-10-3-2-9(7-11(10)16)14(19)6-8-1-4-12(17)13(18)5-8/h1-5,7,14,19H,6H2. The Labute approximate surface area is 126 Å². The normalized spacial score (nSPS) is 12.5. The van der Waals surface area contributed by atoms with Gasteiger partial charge in [0.25, 0.3) is 0 Å². The van der Waals surface area contributed by atoms with Gasteiger partial charge in [0, 0.05) is 15.4 Å². The van der Waals surface area contributed by atoms with Gasteiger partial charge in [0.15, 0.2) is 11.6 Å². The molecule has 1 atom stereocenters. The van der Waals surface area contributed by atoms with Gasteiger partial charge in [-0.1, -0.05) is 12.1 Å². The van der Waals surface area contributed by atoms with E-state index in [1.807, 2.05) is 6.07 Å². The van der Waals surface area contributed by atoms with E-state index in [0.29, 0.717) is 11.1 Å². The Morgan fingerprint density at radius 3 is 2.32 bits per heavy atom. The highest BCUT2D eigenvalue weighted by Crippen LogP contribution is 2.28. The summed E-state index contributed by atoms with van der Waals surface area (Å²) in [6.07, 6.45) is -0.542. The molecule has 0 radical (unpaired) electrons. The lowest BCUT2D eigenvalue weighted by atomic mass is 10.0. The predicted molar refractivity (Wildman–Crippen MR) is 76.9 cm³/mol. The van der Waals surface area contributed by atoms with Crippen molar-refractivity contribution in [2.45, 2.75) is 12.5 Å². The molecular weight excluding hydrogens is 382 g/mol. The molecule has 0 saturated heterocycles. The molecule has 2 rings (SSSR count). The van der Waals surface area contributed by atoms with Crippen LogP contribution in [0, 0.1) is 11.6 Å². The zero-order valence-corrected chi connectivity index (χ0v) is 12.9. The fourth-order valence-corrected chi connectivity index (χ4v) is 2.37. The van der Waals surface area contributed by atoms with Crippen LogP contribution in [0.2, 0.25) is 0 Å². The van der Waals surface area contributed by atoms with Crippen LogP contribution in [-0.2, 0) is 6.42 Å². The molecule has 100 valence electrons. The van der Waals surface area contributed by atoms with E-state index in [4.69, 9.17) is 0 Å². The van der Waals surface area contributed by atoms with E-state index < -0.39 is 17.7 Å². The van der Waals surface area contributed by atoms with Crippen LogP contribution < -0.4 is 0 Å². The van der Waals surface area contributed by atoms with Crippen LogP contribution in [0.5, 0.6) is 0 Å². The van der Waals surface area contributed by atoms with E-state index >= 15 is 0 Å². The molecule has 0 amide bonds. The Bertz CT molecular complexity index is 602. The second-order valence-electron chi connectivity index (χ2n) is 4.14. The maximum Gasteiger partial charge on any atom is 0.159 e. The van der Waals surface area contributed by atoms with E-state index in [0.717, 1.165) is 21.1 Å². The molecule has 0 saturated carbocycles. The van der Waals surface area contributed by atoms with Crippen LogP contribution in [0.4, 0.5) is 8.78 Å². The van der Waals surface area contributed by atoms with E-state index in [-0.39, 0.29) is 6.42 Å². The van der Waals surface area contributed by atoms with Crippen molar-refractivity contribution < 1.29 is 13.9 Å². The average molecular weight is 392 g/mol. The van der Waals surface area contributed by atoms with Gasteiger partial charge in [-0.3, -0.25) is 0 Å². The van der Waals surface area contributed by atoms with Crippen LogP contribution in [0.15, 0.2) is 45.3 Å². The summed E-state index contributed by atoms with van der Waals surface area (Å²) in [6, 6.07) is 9.01. The van der Waals surface area contributed by atoms with Crippen molar-refractivity contribution in [1.82, 2.24) is 0 Å². The lowest BCUT2D eigenvalue weighted by molar-refractivity contribution is 0.178. The molecular formula is C14H10Br2F2O. The summed E-state index contributed by atoms with van der Waals surface area (Å²) in [5.74, 6) is -1.79. The molecule has 2 aromatic rings. The zero-order chi connectivity index (χ0) is 14.0. The molecule has 1 unspecified atom stereocenters. The molecule has 0 bridgehead atoms. The summed E-state index contributed by atoms with van der Waals surface area (Å²) >= 11 is 6.70. The zero-order valence-electron chi connectivity index (χ0n) is 9.71. The fraction of sp³-hybridized carbons (Fsp3) is 0.143. The van der Waals surface area contributed by atoms with Gasteiger partial charge in [0.2, 0.25) is 0 Å². The van der Waals surface area contributed by atoms with E-state index in [9.17, 15) is 13.9 Å². The molecule has 0 spiro atoms. The second kappa shape index (κ2) is 6.11. The minimum Gasteiger partial charge on any atom is -0.388 e. The first-order valence-electron chi connectivity index (χ1n) is 5.54. The Morgan fingerprint density at radius 2 is 1.68 bits per heavy atom. The summed E-state index contributed by atoms with van der Waals surface area (Å²) in [4.78, 5) is 0. The molecule has 0 heterocycles. The summed E-state index contributed by atoms with van der Waals surface area (Å²) in [7, 11) is 0. The summed E-state index contributed by atoms with van der Waals surface area (Å²) < 4.78 is 27.6. The van der Waals surface area contributed by atoms with Crippen molar-refractivity contribution in [1.29, 1.82) is 0 Å². The predicted octanol–water partition coefficient (Wildman–Crippen LogP) is 4.77. The van der Waals surface area contributed by atoms with E-state index in [2.05, 4.69) is 31.9 Å². The van der Waals surface area contributed by atoms with Crippen LogP contribution in [0.3, 0.4) is 0 Å². The summed E-state index contributed by atoms with van der Waals surface area (Å²) in [5, 5.41) is 10.1. The minimum atomic E-state index is -0.901. The van der Waals surface area contributed by atoms with Crippen LogP contribution in [0.1, 0.15) is 17.2 Å². The smallest absolute Gasteiger partial charge is 0.159 e. The number of benzene rings is 2. The first kappa shape index (κ1) is 14.6. The quantitative estimate of drug-likeness (QED) is 0.799. The molecule has 0 aliphatic carbocycles. The molecule has 1 nitrogen and oxygen atoms in total. The summed E-state index contributed by atoms with van der Waals surface area (Å²) in [5.41, 5.74) is 1.25. The van der Waals surface area contributed by atoms with Crippen molar-refractivity contribution in [3.05, 3.63) is 68.1 Å². The van der Waals surface area contributed by atoms with Gasteiger partial charge in [-0.05, 0) is 67.3 Å². The van der Waals surface area contributed by atoms with Gasteiger partial charge in [-0.15, -0.1) is 0 Å². The number of rotatable bonds is 3. The second-order valence-corrected chi connectivity index (χ2v) is 5.85. The lowest BCUT2D eigenvalue weighted by Crippen LogP contribution is -2.02. The van der Waals surface area contributed by atoms with Crippen LogP contribution in [-0.4, -0.2) is 5.11 Å². The maximum absolute atomic E-state index is 13.1. The van der Waals surface area contributed by atoms with Gasteiger partial charge in [-0.2, -0.15) is 0 Å². The third kappa shape index (κ3) is 3.61. The van der Waals surface area contributed by atoms with Crippen molar-refractivity contribution in [2.24, 2.45) is 0 Å². The highest BCUT2D eigenvalue weighted by atomic mass is 79.9. The molecule has 5 heteroatoms. The third-order valence-electron chi connectivity index (χ3n) is 2.74. The van der Waals surface area contributed by atoms with Crippen molar-refractivity contribution in [2.75, 3.05) is 0 Å². The van der Waals surface area contributed by atoms with Crippen LogP contribution >= 0.6 is 31.9 Å². The number of aliphatic hydroxyl groups excluding tert-OH is 1. The molecule has 0 aromatic heterocycles. The van der Waals surface area contributed by atoms with Gasteiger partial charge >= 0.3 is 0 Å². The molecule has 0 aliphatic rings. The number of halogens is 4. The minimum absolute atomic E-state index is 0.227. The van der Waals surface area contributed by atoms with E-state index in [1.165, 1.54) is 6.07 Å². The molecule has 2 aromatic carbocycles. The molecule has 1 N–H and O–H groups in total. The van der Waals surface area contributed by atoms with Crippen molar-refractivity contribution in [3.63, 3.8) is 0 Å². The number of hydrogen-bond acceptors (Lipinski definition) is 1. The third-order valence-corrected chi connectivity index (χ3v) is 4.62. The SMILES string of the molecule is OC(Cc1ccc(F)c(F)c1)c1ccc(Br)c(Br)c1. The van der Waals surface area contributed by atoms with Gasteiger partial charge in [0.05, 0.1) is 6.10 Å². The van der Waals surface area contributed by atoms with Crippen molar-refractivity contribution in [3.8, 4) is 0 Å². The fourth-order valence-electron chi connectivity index (χ4n) is 1.73. The highest BCUT2D eigenvalue weighted by molar-refractivity contribution is 9.13. The monoisotopic (exact) mass is 390 g/mol. The van der Waals surface area contributed by atoms with Crippen LogP contribution in [0.25, 0.3) is 0 Å². The first-order chi connectivity index (χ1) is 8.97. The Hall–Kier alpha value is -0.780. The largest absolute Gasteiger partial charge is 0.388 e. The van der Waals surface area contributed by atoms with Gasteiger partial charge < -0.3 is 5.11 Å². The highest BCUT2D eigenvalue weighted by Gasteiger charge is 2.11. The molecule has 0 fully saturated rings. The van der Waals surface area contributed by atoms with Crippen molar-refractivity contribution >= 4 is 31.9 Å². The Morgan fingerprint density at radius 1 is 0.947 bits per heavy atom. The Balaban J connectivity index is 2.17. The summed E-state index contributed by atoms with van der Waals surface area (Å²) in [6.45, 7) is 0. The lowest BCUT2D eigenvalue weighted by Gasteiger charge is -2.12. The number of hydrogen-bond donors (Lipinski definition) is 1. The number of aliphatic hydroxyl groups is 1. The molecule has 19 heavy (non-hydrogen) atoms. The maximum atomic E-state index is 13.1. The van der Waals surface area contributed by atoms with Gasteiger partial charge in [-0.25, -0.2) is 8.78 Å². The topological polar surface area (TPSA) is 20.2 Å². The Kier molecular flexibility index (Phi) is 4.71. The van der Waals surface area contributed by atoms with Gasteiger partial charge in [0.1, 0.15) is 0 Å². The molecule has 0 aliphatic heterocycles. The first-order valence-corrected chi connectivity index (χ1v) is 7.13. The van der Waals surface area contributed by atoms with E-state index in [1.54, 1.807) is 12.1 Å².